The number of fused-ring (bicyclic) bond motifs is 1. The van der Waals surface area contributed by atoms with E-state index in [9.17, 15) is 22.8 Å². The van der Waals surface area contributed by atoms with Crippen molar-refractivity contribution in [3.63, 3.8) is 0 Å². The average Bonchev–Trinajstić information content (AvgIpc) is 3.25. The average molecular weight is 476 g/mol. The highest BCUT2D eigenvalue weighted by Crippen LogP contribution is 2.51. The number of benzene rings is 2. The molecule has 6 nitrogen and oxygen atoms in total. The molecule has 1 aliphatic carbocycles. The van der Waals surface area contributed by atoms with Gasteiger partial charge in [-0.25, -0.2) is 0 Å². The van der Waals surface area contributed by atoms with Crippen LogP contribution in [0.4, 0.5) is 13.2 Å². The molecule has 2 fully saturated rings. The topological polar surface area (TPSA) is 61.9 Å². The molecule has 34 heavy (non-hydrogen) atoms. The molecule has 1 saturated carbocycles. The molecule has 182 valence electrons. The van der Waals surface area contributed by atoms with Crippen molar-refractivity contribution >= 4 is 11.8 Å². The third-order valence-corrected chi connectivity index (χ3v) is 6.64. The molecule has 2 unspecified atom stereocenters. The Kier molecular flexibility index (Phi) is 7.11. The zero-order valence-corrected chi connectivity index (χ0v) is 18.9. The minimum Gasteiger partial charge on any atom is -0.406 e. The van der Waals surface area contributed by atoms with Crippen molar-refractivity contribution in [2.24, 2.45) is 17.8 Å². The van der Waals surface area contributed by atoms with Crippen molar-refractivity contribution in [3.8, 4) is 5.75 Å². The highest BCUT2D eigenvalue weighted by atomic mass is 19.4. The number of carbonyl (C=O) groups excluding carboxylic acids is 2. The molecule has 1 saturated heterocycles. The lowest BCUT2D eigenvalue weighted by atomic mass is 10.1. The predicted octanol–water partition coefficient (Wildman–Crippen LogP) is 3.19. The normalized spacial score (nSPS) is 21.6. The van der Waals surface area contributed by atoms with Gasteiger partial charge in [0.15, 0.2) is 0 Å². The van der Waals surface area contributed by atoms with Gasteiger partial charge in [-0.3, -0.25) is 14.5 Å². The van der Waals surface area contributed by atoms with E-state index in [2.05, 4.69) is 27.1 Å². The Bertz CT molecular complexity index is 1000. The molecular formula is C25H28F3N3O3. The summed E-state index contributed by atoms with van der Waals surface area (Å²) in [5, 5.41) is 2.82. The number of halogens is 3. The lowest BCUT2D eigenvalue weighted by molar-refractivity contribution is -0.274. The van der Waals surface area contributed by atoms with Crippen LogP contribution < -0.4 is 10.1 Å². The first-order chi connectivity index (χ1) is 16.2. The fraction of sp³-hybridized carbons (Fsp3) is 0.440. The molecule has 0 bridgehead atoms. The number of carbonyl (C=O) groups is 2. The van der Waals surface area contributed by atoms with Crippen molar-refractivity contribution < 1.29 is 27.5 Å². The Morgan fingerprint density at radius 2 is 1.79 bits per heavy atom. The van der Waals surface area contributed by atoms with Gasteiger partial charge in [-0.2, -0.15) is 0 Å². The summed E-state index contributed by atoms with van der Waals surface area (Å²) in [5.74, 6) is 0.455. The maximum Gasteiger partial charge on any atom is 0.573 e. The summed E-state index contributed by atoms with van der Waals surface area (Å²) < 4.78 is 41.0. The monoisotopic (exact) mass is 475 g/mol. The lowest BCUT2D eigenvalue weighted by Crippen LogP contribution is -2.40. The van der Waals surface area contributed by atoms with Gasteiger partial charge in [0.25, 0.3) is 5.91 Å². The van der Waals surface area contributed by atoms with Crippen molar-refractivity contribution in [2.75, 3.05) is 39.8 Å². The zero-order chi connectivity index (χ0) is 24.3. The minimum atomic E-state index is -4.80. The number of amides is 2. The number of hydrogen-bond donors (Lipinski definition) is 1. The Balaban J connectivity index is 1.16. The van der Waals surface area contributed by atoms with E-state index < -0.39 is 18.0 Å². The number of alkyl halides is 3. The first kappa shape index (κ1) is 24.1. The van der Waals surface area contributed by atoms with Crippen LogP contribution in [0.5, 0.6) is 5.75 Å². The van der Waals surface area contributed by atoms with Crippen molar-refractivity contribution in [3.05, 3.63) is 65.7 Å². The van der Waals surface area contributed by atoms with Crippen LogP contribution in [0.15, 0.2) is 54.6 Å². The van der Waals surface area contributed by atoms with Crippen LogP contribution in [0.3, 0.4) is 0 Å². The summed E-state index contributed by atoms with van der Waals surface area (Å²) in [6.07, 6.45) is -3.98. The van der Waals surface area contributed by atoms with Gasteiger partial charge in [-0.1, -0.05) is 36.4 Å². The van der Waals surface area contributed by atoms with Crippen LogP contribution in [0.2, 0.25) is 0 Å². The molecule has 1 heterocycles. The molecule has 2 aromatic rings. The van der Waals surface area contributed by atoms with E-state index in [1.165, 1.54) is 17.7 Å². The third kappa shape index (κ3) is 6.28. The van der Waals surface area contributed by atoms with Gasteiger partial charge in [0.05, 0.1) is 6.54 Å². The molecule has 2 amide bonds. The van der Waals surface area contributed by atoms with E-state index >= 15 is 0 Å². The van der Waals surface area contributed by atoms with Gasteiger partial charge < -0.3 is 15.0 Å². The first-order valence-corrected chi connectivity index (χ1v) is 11.3. The number of likely N-dealkylation sites (tertiary alicyclic amines) is 1. The van der Waals surface area contributed by atoms with Crippen molar-refractivity contribution in [1.82, 2.24) is 15.1 Å². The fourth-order valence-electron chi connectivity index (χ4n) is 4.69. The summed E-state index contributed by atoms with van der Waals surface area (Å²) in [5.41, 5.74) is 1.33. The predicted molar refractivity (Wildman–Crippen MR) is 120 cm³/mol. The van der Waals surface area contributed by atoms with Gasteiger partial charge >= 0.3 is 6.36 Å². The molecule has 1 N–H and O–H groups in total. The van der Waals surface area contributed by atoms with Crippen molar-refractivity contribution in [1.29, 1.82) is 0 Å². The summed E-state index contributed by atoms with van der Waals surface area (Å²) in [6.45, 7) is 3.17. The maximum absolute atomic E-state index is 12.6. The van der Waals surface area contributed by atoms with Crippen LogP contribution >= 0.6 is 0 Å². The second-order valence-corrected chi connectivity index (χ2v) is 9.02. The molecule has 4 rings (SSSR count). The smallest absolute Gasteiger partial charge is 0.406 e. The first-order valence-electron chi connectivity index (χ1n) is 11.3. The largest absolute Gasteiger partial charge is 0.573 e. The van der Waals surface area contributed by atoms with Crippen LogP contribution in [0.25, 0.3) is 0 Å². The number of nitrogens with one attached hydrogen (secondary N) is 1. The molecular weight excluding hydrogens is 447 g/mol. The molecule has 2 aliphatic rings. The standard InChI is InChI=1S/C25H28F3N3O3/c1-30(11-10-17-6-3-2-4-7-17)23(32)16-31-14-21-20(22(21)15-31)13-29-24(33)18-8-5-9-19(12-18)34-25(26,27)28/h2-9,12,20-22H,10-11,13-16H2,1H3,(H,29,33). The van der Waals surface area contributed by atoms with E-state index in [1.54, 1.807) is 4.90 Å². The summed E-state index contributed by atoms with van der Waals surface area (Å²) >= 11 is 0. The van der Waals surface area contributed by atoms with Gasteiger partial charge in [0.1, 0.15) is 5.75 Å². The second kappa shape index (κ2) is 10.0. The Labute approximate surface area is 196 Å². The Hall–Kier alpha value is -3.07. The molecule has 9 heteroatoms. The third-order valence-electron chi connectivity index (χ3n) is 6.64. The molecule has 1 aliphatic heterocycles. The Morgan fingerprint density at radius 1 is 1.09 bits per heavy atom. The molecule has 2 aromatic carbocycles. The van der Waals surface area contributed by atoms with E-state index in [0.717, 1.165) is 31.6 Å². The van der Waals surface area contributed by atoms with E-state index in [-0.39, 0.29) is 11.5 Å². The van der Waals surface area contributed by atoms with Crippen LogP contribution in [-0.4, -0.2) is 67.7 Å². The lowest BCUT2D eigenvalue weighted by Gasteiger charge is -2.23. The van der Waals surface area contributed by atoms with Crippen LogP contribution in [-0.2, 0) is 11.2 Å². The van der Waals surface area contributed by atoms with E-state index in [1.807, 2.05) is 25.2 Å². The molecule has 2 atom stereocenters. The summed E-state index contributed by atoms with van der Waals surface area (Å²) in [4.78, 5) is 28.8. The Morgan fingerprint density at radius 3 is 2.47 bits per heavy atom. The van der Waals surface area contributed by atoms with Crippen molar-refractivity contribution in [2.45, 2.75) is 12.8 Å². The molecule has 0 spiro atoms. The summed E-state index contributed by atoms with van der Waals surface area (Å²) in [7, 11) is 1.83. The van der Waals surface area contributed by atoms with Gasteiger partial charge in [-0.05, 0) is 47.9 Å². The zero-order valence-electron chi connectivity index (χ0n) is 18.9. The number of likely N-dealkylation sites (N-methyl/N-ethyl adjacent to an activating group) is 1. The van der Waals surface area contributed by atoms with Gasteiger partial charge in [0.2, 0.25) is 5.91 Å². The highest BCUT2D eigenvalue weighted by molar-refractivity contribution is 5.94. The molecule has 0 radical (unpaired) electrons. The van der Waals surface area contributed by atoms with Crippen LogP contribution in [0, 0.1) is 17.8 Å². The number of hydrogen-bond acceptors (Lipinski definition) is 4. The molecule has 0 aromatic heterocycles. The number of rotatable bonds is 9. The quantitative estimate of drug-likeness (QED) is 0.605. The van der Waals surface area contributed by atoms with Gasteiger partial charge in [0, 0.05) is 38.8 Å². The van der Waals surface area contributed by atoms with E-state index in [4.69, 9.17) is 0 Å². The minimum absolute atomic E-state index is 0.100. The summed E-state index contributed by atoms with van der Waals surface area (Å²) in [6, 6.07) is 15.1. The fourth-order valence-corrected chi connectivity index (χ4v) is 4.69. The number of piperidine rings is 1. The van der Waals surface area contributed by atoms with E-state index in [0.29, 0.717) is 37.4 Å². The second-order valence-electron chi connectivity index (χ2n) is 9.02. The van der Waals surface area contributed by atoms with Gasteiger partial charge in [-0.15, -0.1) is 13.2 Å². The number of ether oxygens (including phenoxy) is 1. The highest BCUT2D eigenvalue weighted by Gasteiger charge is 2.55. The maximum atomic E-state index is 12.6. The number of nitrogens with zero attached hydrogens (tertiary/aromatic N) is 2. The van der Waals surface area contributed by atoms with Crippen LogP contribution in [0.1, 0.15) is 15.9 Å². The SMILES string of the molecule is CN(CCc1ccccc1)C(=O)CN1CC2C(CNC(=O)c3cccc(OC(F)(F)F)c3)C2C1.